The van der Waals surface area contributed by atoms with E-state index < -0.39 is 0 Å². The van der Waals surface area contributed by atoms with Crippen LogP contribution in [-0.2, 0) is 9.53 Å². The lowest BCUT2D eigenvalue weighted by Crippen LogP contribution is -2.41. The van der Waals surface area contributed by atoms with Crippen LogP contribution < -0.4 is 0 Å². The average Bonchev–Trinajstić information content (AvgIpc) is 2.69. The molecule has 1 aromatic rings. The van der Waals surface area contributed by atoms with Gasteiger partial charge in [0.2, 0.25) is 0 Å². The van der Waals surface area contributed by atoms with Crippen molar-refractivity contribution in [2.75, 3.05) is 0 Å². The number of carbonyl (C=O) groups is 1. The number of hydrogen-bond acceptors (Lipinski definition) is 2. The van der Waals surface area contributed by atoms with Crippen LogP contribution in [0.3, 0.4) is 0 Å². The second-order valence-corrected chi connectivity index (χ2v) is 8.03. The zero-order valence-electron chi connectivity index (χ0n) is 12.3. The van der Waals surface area contributed by atoms with E-state index in [4.69, 9.17) is 4.74 Å². The topological polar surface area (TPSA) is 26.3 Å². The third-order valence-corrected chi connectivity index (χ3v) is 6.81. The van der Waals surface area contributed by atoms with Gasteiger partial charge in [-0.2, -0.15) is 0 Å². The molecule has 1 aromatic carbocycles. The van der Waals surface area contributed by atoms with Crippen LogP contribution in [-0.4, -0.2) is 11.6 Å². The predicted molar refractivity (Wildman–Crippen MR) is 82.7 cm³/mol. The maximum atomic E-state index is 12.3. The number of hydrogen-bond donors (Lipinski definition) is 0. The van der Waals surface area contributed by atoms with Gasteiger partial charge < -0.3 is 4.74 Å². The Hall–Kier alpha value is -0.830. The summed E-state index contributed by atoms with van der Waals surface area (Å²) >= 11 is 3.79. The summed E-state index contributed by atoms with van der Waals surface area (Å²) in [5, 5.41) is 0. The Morgan fingerprint density at radius 3 is 2.35 bits per heavy atom. The first-order valence-electron chi connectivity index (χ1n) is 7.25. The smallest absolute Gasteiger partial charge is 0.313 e. The third kappa shape index (κ3) is 1.65. The maximum Gasteiger partial charge on any atom is 0.313 e. The largest absolute Gasteiger partial charge is 0.458 e. The summed E-state index contributed by atoms with van der Waals surface area (Å²) in [6.07, 6.45) is 2.75. The van der Waals surface area contributed by atoms with Crippen molar-refractivity contribution in [2.24, 2.45) is 10.8 Å². The summed E-state index contributed by atoms with van der Waals surface area (Å²) in [4.78, 5) is 12.5. The Balaban J connectivity index is 1.90. The normalized spacial score (nSPS) is 35.9. The van der Waals surface area contributed by atoms with Crippen LogP contribution in [0.1, 0.15) is 50.4 Å². The van der Waals surface area contributed by atoms with E-state index in [2.05, 4.69) is 48.8 Å². The molecule has 108 valence electrons. The molecule has 1 saturated heterocycles. The first-order valence-corrected chi connectivity index (χ1v) is 8.16. The number of fused-ring (bicyclic) bond motifs is 2. The van der Waals surface area contributed by atoms with Gasteiger partial charge in [0.15, 0.2) is 0 Å². The predicted octanol–water partition coefficient (Wildman–Crippen LogP) is 4.63. The molecule has 1 aliphatic carbocycles. The molecule has 1 heterocycles. The molecule has 0 unspecified atom stereocenters. The van der Waals surface area contributed by atoms with Gasteiger partial charge in [0.1, 0.15) is 5.60 Å². The van der Waals surface area contributed by atoms with Crippen molar-refractivity contribution in [1.29, 1.82) is 0 Å². The molecule has 0 spiro atoms. The molecule has 0 radical (unpaired) electrons. The van der Waals surface area contributed by atoms with Gasteiger partial charge in [-0.25, -0.2) is 0 Å². The van der Waals surface area contributed by atoms with Crippen LogP contribution in [0, 0.1) is 10.8 Å². The van der Waals surface area contributed by atoms with E-state index >= 15 is 0 Å². The highest BCUT2D eigenvalue weighted by molar-refractivity contribution is 9.09. The van der Waals surface area contributed by atoms with E-state index in [0.29, 0.717) is 0 Å². The monoisotopic (exact) mass is 336 g/mol. The molecule has 3 heteroatoms. The minimum absolute atomic E-state index is 0.0125. The fourth-order valence-corrected chi connectivity index (χ4v) is 4.70. The molecule has 2 bridgehead atoms. The van der Waals surface area contributed by atoms with Crippen molar-refractivity contribution in [3.63, 3.8) is 0 Å². The second kappa shape index (κ2) is 4.33. The highest BCUT2D eigenvalue weighted by Crippen LogP contribution is 2.67. The quantitative estimate of drug-likeness (QED) is 0.594. The third-order valence-electron chi connectivity index (χ3n) is 5.96. The molecule has 0 N–H and O–H groups in total. The molecule has 3 atom stereocenters. The molecular formula is C17H21BrO2. The Bertz CT molecular complexity index is 539. The van der Waals surface area contributed by atoms with Crippen molar-refractivity contribution in [3.8, 4) is 0 Å². The van der Waals surface area contributed by atoms with E-state index in [1.807, 2.05) is 18.2 Å². The molecule has 2 fully saturated rings. The lowest BCUT2D eigenvalue weighted by molar-refractivity contribution is -0.160. The van der Waals surface area contributed by atoms with Gasteiger partial charge in [-0.05, 0) is 25.3 Å². The van der Waals surface area contributed by atoms with Crippen molar-refractivity contribution in [2.45, 2.75) is 50.5 Å². The van der Waals surface area contributed by atoms with Crippen LogP contribution >= 0.6 is 15.9 Å². The molecule has 2 aliphatic rings. The Kier molecular flexibility index (Phi) is 3.06. The molecule has 2 nitrogen and oxygen atoms in total. The van der Waals surface area contributed by atoms with Gasteiger partial charge in [-0.15, -0.1) is 0 Å². The molecular weight excluding hydrogens is 316 g/mol. The van der Waals surface area contributed by atoms with E-state index in [-0.39, 0.29) is 27.2 Å². The zero-order valence-corrected chi connectivity index (χ0v) is 13.9. The Morgan fingerprint density at radius 2 is 1.85 bits per heavy atom. The molecule has 3 rings (SSSR count). The van der Waals surface area contributed by atoms with Gasteiger partial charge in [0, 0.05) is 16.7 Å². The minimum Gasteiger partial charge on any atom is -0.458 e. The highest BCUT2D eigenvalue weighted by atomic mass is 79.9. The fraction of sp³-hybridized carbons (Fsp3) is 0.588. The summed E-state index contributed by atoms with van der Waals surface area (Å²) in [6, 6.07) is 10.4. The van der Waals surface area contributed by atoms with Crippen molar-refractivity contribution in [1.82, 2.24) is 0 Å². The van der Waals surface area contributed by atoms with E-state index in [9.17, 15) is 4.79 Å². The number of halogens is 1. The summed E-state index contributed by atoms with van der Waals surface area (Å²) in [5.74, 6) is -0.0125. The summed E-state index contributed by atoms with van der Waals surface area (Å²) < 4.78 is 5.89. The Labute approximate surface area is 129 Å². The van der Waals surface area contributed by atoms with Gasteiger partial charge in [-0.3, -0.25) is 4.79 Å². The summed E-state index contributed by atoms with van der Waals surface area (Å²) in [5.41, 5.74) is 0.478. The Morgan fingerprint density at radius 1 is 1.20 bits per heavy atom. The standard InChI is InChI=1S/C17H21BrO2/c1-15(2)16(3)9-10-17(15,20-14(16)19)11-13(18)12-7-5-4-6-8-12/h4-8,13H,9-11H2,1-3H3/t13-,16-,17+/m1/s1. The first kappa shape index (κ1) is 14.1. The number of alkyl halides is 1. The van der Waals surface area contributed by atoms with Crippen LogP contribution in [0.15, 0.2) is 30.3 Å². The second-order valence-electron chi connectivity index (χ2n) is 6.92. The van der Waals surface area contributed by atoms with Gasteiger partial charge in [0.25, 0.3) is 0 Å². The van der Waals surface area contributed by atoms with Gasteiger partial charge in [-0.1, -0.05) is 60.1 Å². The van der Waals surface area contributed by atoms with Crippen LogP contribution in [0.25, 0.3) is 0 Å². The molecule has 1 aliphatic heterocycles. The number of carbonyl (C=O) groups excluding carboxylic acids is 1. The van der Waals surface area contributed by atoms with Crippen molar-refractivity contribution in [3.05, 3.63) is 35.9 Å². The number of rotatable bonds is 3. The van der Waals surface area contributed by atoms with Gasteiger partial charge in [0.05, 0.1) is 5.41 Å². The highest BCUT2D eigenvalue weighted by Gasteiger charge is 2.72. The van der Waals surface area contributed by atoms with Crippen LogP contribution in [0.4, 0.5) is 0 Å². The number of esters is 1. The maximum absolute atomic E-state index is 12.3. The lowest BCUT2D eigenvalue weighted by atomic mass is 9.65. The minimum atomic E-state index is -0.331. The van der Waals surface area contributed by atoms with Crippen molar-refractivity contribution >= 4 is 21.9 Å². The van der Waals surface area contributed by atoms with Crippen LogP contribution in [0.2, 0.25) is 0 Å². The number of ether oxygens (including phenoxy) is 1. The summed E-state index contributed by atoms with van der Waals surface area (Å²) in [6.45, 7) is 6.45. The molecule has 0 amide bonds. The van der Waals surface area contributed by atoms with Crippen molar-refractivity contribution < 1.29 is 9.53 Å². The van der Waals surface area contributed by atoms with E-state index in [0.717, 1.165) is 19.3 Å². The first-order chi connectivity index (χ1) is 9.32. The number of benzene rings is 1. The molecule has 1 saturated carbocycles. The SMILES string of the molecule is CC1(C)[C@@]2(C[C@@H](Br)c3ccccc3)CC[C@]1(C)C(=O)O2. The molecule has 0 aromatic heterocycles. The zero-order chi connectivity index (χ0) is 14.6. The van der Waals surface area contributed by atoms with E-state index in [1.165, 1.54) is 5.56 Å². The lowest BCUT2D eigenvalue weighted by Gasteiger charge is -2.38. The average molecular weight is 337 g/mol. The summed E-state index contributed by atoms with van der Waals surface area (Å²) in [7, 11) is 0. The van der Waals surface area contributed by atoms with Gasteiger partial charge >= 0.3 is 5.97 Å². The van der Waals surface area contributed by atoms with Crippen LogP contribution in [0.5, 0.6) is 0 Å². The van der Waals surface area contributed by atoms with E-state index in [1.54, 1.807) is 0 Å². The fourth-order valence-electron chi connectivity index (χ4n) is 3.87. The molecule has 20 heavy (non-hydrogen) atoms.